The molecule has 4 nitrogen and oxygen atoms in total. The molecule has 2 aromatic heterocycles. The maximum atomic E-state index is 4.45. The van der Waals surface area contributed by atoms with Crippen LogP contribution in [-0.2, 0) is 0 Å². The molecule has 2 heterocycles. The Balaban J connectivity index is 2.02. The van der Waals surface area contributed by atoms with Gasteiger partial charge in [-0.2, -0.15) is 0 Å². The minimum Gasteiger partial charge on any atom is -0.367 e. The fraction of sp³-hybridized carbons (Fsp3) is 0.455. The highest BCUT2D eigenvalue weighted by Gasteiger charge is 2.18. The summed E-state index contributed by atoms with van der Waals surface area (Å²) in [5.74, 6) is 1.79. The highest BCUT2D eigenvalue weighted by atomic mass is 15.1. The summed E-state index contributed by atoms with van der Waals surface area (Å²) in [4.78, 5) is 11.9. The standard InChI is InChI=1S/C11H14N4/c1-7-13-10-9(5-6-12-10)11(14-7)15-8-3-2-4-8/h5-6,8H,2-4H2,1H3,(H2,12,13,14,15). The molecule has 0 unspecified atom stereocenters. The SMILES string of the molecule is Cc1nc(NC2CCC2)c2cc[nH]c2n1. The van der Waals surface area contributed by atoms with Crippen molar-refractivity contribution in [1.82, 2.24) is 15.0 Å². The molecule has 0 atom stereocenters. The molecule has 1 aliphatic rings. The van der Waals surface area contributed by atoms with E-state index in [1.54, 1.807) is 0 Å². The van der Waals surface area contributed by atoms with Gasteiger partial charge in [-0.25, -0.2) is 9.97 Å². The Morgan fingerprint density at radius 1 is 1.40 bits per heavy atom. The van der Waals surface area contributed by atoms with E-state index in [9.17, 15) is 0 Å². The number of nitrogens with one attached hydrogen (secondary N) is 2. The Kier molecular flexibility index (Phi) is 1.87. The van der Waals surface area contributed by atoms with Crippen molar-refractivity contribution in [2.75, 3.05) is 5.32 Å². The maximum Gasteiger partial charge on any atom is 0.143 e. The fourth-order valence-corrected chi connectivity index (χ4v) is 1.91. The van der Waals surface area contributed by atoms with Gasteiger partial charge in [-0.3, -0.25) is 0 Å². The van der Waals surface area contributed by atoms with Crippen LogP contribution in [-0.4, -0.2) is 21.0 Å². The van der Waals surface area contributed by atoms with Crippen molar-refractivity contribution >= 4 is 16.9 Å². The fourth-order valence-electron chi connectivity index (χ4n) is 1.91. The van der Waals surface area contributed by atoms with Crippen molar-refractivity contribution in [1.29, 1.82) is 0 Å². The van der Waals surface area contributed by atoms with E-state index < -0.39 is 0 Å². The maximum absolute atomic E-state index is 4.45. The Morgan fingerprint density at radius 3 is 3.00 bits per heavy atom. The van der Waals surface area contributed by atoms with Crippen molar-refractivity contribution in [2.45, 2.75) is 32.2 Å². The van der Waals surface area contributed by atoms with E-state index in [-0.39, 0.29) is 0 Å². The van der Waals surface area contributed by atoms with Crippen LogP contribution in [0.3, 0.4) is 0 Å². The first kappa shape index (κ1) is 8.71. The molecule has 0 aliphatic heterocycles. The number of aryl methyl sites for hydroxylation is 1. The van der Waals surface area contributed by atoms with E-state index in [0.29, 0.717) is 6.04 Å². The number of nitrogens with zero attached hydrogens (tertiary/aromatic N) is 2. The number of hydrogen-bond acceptors (Lipinski definition) is 3. The molecule has 1 saturated carbocycles. The summed E-state index contributed by atoms with van der Waals surface area (Å²) < 4.78 is 0. The van der Waals surface area contributed by atoms with Crippen molar-refractivity contribution < 1.29 is 0 Å². The molecule has 78 valence electrons. The molecule has 1 aliphatic carbocycles. The second kappa shape index (κ2) is 3.22. The van der Waals surface area contributed by atoms with E-state index in [1.807, 2.05) is 19.2 Å². The van der Waals surface area contributed by atoms with Crippen LogP contribution in [0.25, 0.3) is 11.0 Å². The summed E-state index contributed by atoms with van der Waals surface area (Å²) in [7, 11) is 0. The highest BCUT2D eigenvalue weighted by Crippen LogP contribution is 2.26. The third-order valence-corrected chi connectivity index (χ3v) is 2.97. The van der Waals surface area contributed by atoms with Gasteiger partial charge in [-0.05, 0) is 32.3 Å². The normalized spacial score (nSPS) is 16.6. The van der Waals surface area contributed by atoms with Crippen molar-refractivity contribution in [3.05, 3.63) is 18.1 Å². The predicted octanol–water partition coefficient (Wildman–Crippen LogP) is 2.23. The van der Waals surface area contributed by atoms with E-state index in [1.165, 1.54) is 19.3 Å². The van der Waals surface area contributed by atoms with Gasteiger partial charge in [0.15, 0.2) is 0 Å². The molecular formula is C11H14N4. The number of anilines is 1. The van der Waals surface area contributed by atoms with Crippen LogP contribution < -0.4 is 5.32 Å². The summed E-state index contributed by atoms with van der Waals surface area (Å²) in [6.07, 6.45) is 5.76. The van der Waals surface area contributed by atoms with Gasteiger partial charge in [0.1, 0.15) is 17.3 Å². The molecule has 0 aromatic carbocycles. The quantitative estimate of drug-likeness (QED) is 0.785. The van der Waals surface area contributed by atoms with Crippen LogP contribution in [0.1, 0.15) is 25.1 Å². The Labute approximate surface area is 88.1 Å². The van der Waals surface area contributed by atoms with Crippen molar-refractivity contribution in [2.24, 2.45) is 0 Å². The number of rotatable bonds is 2. The number of hydrogen-bond donors (Lipinski definition) is 2. The van der Waals surface area contributed by atoms with Gasteiger partial charge in [0.2, 0.25) is 0 Å². The van der Waals surface area contributed by atoms with E-state index in [4.69, 9.17) is 0 Å². The summed E-state index contributed by atoms with van der Waals surface area (Å²) >= 11 is 0. The lowest BCUT2D eigenvalue weighted by atomic mass is 9.93. The minimum atomic E-state index is 0.609. The number of aromatic amines is 1. The second-order valence-corrected chi connectivity index (χ2v) is 4.13. The first-order chi connectivity index (χ1) is 7.33. The summed E-state index contributed by atoms with van der Waals surface area (Å²) in [5, 5.41) is 4.57. The van der Waals surface area contributed by atoms with Gasteiger partial charge in [-0.1, -0.05) is 0 Å². The third-order valence-electron chi connectivity index (χ3n) is 2.97. The molecule has 3 rings (SSSR count). The average Bonchev–Trinajstić information content (AvgIpc) is 2.58. The molecular weight excluding hydrogens is 188 g/mol. The Hall–Kier alpha value is -1.58. The van der Waals surface area contributed by atoms with E-state index in [0.717, 1.165) is 22.7 Å². The lowest BCUT2D eigenvalue weighted by Crippen LogP contribution is -2.27. The molecule has 2 N–H and O–H groups in total. The molecule has 0 spiro atoms. The molecule has 1 fully saturated rings. The van der Waals surface area contributed by atoms with Gasteiger partial charge < -0.3 is 10.3 Å². The zero-order chi connectivity index (χ0) is 10.3. The first-order valence-corrected chi connectivity index (χ1v) is 5.41. The molecule has 4 heteroatoms. The lowest BCUT2D eigenvalue weighted by Gasteiger charge is -2.27. The molecule has 2 aromatic rings. The van der Waals surface area contributed by atoms with Crippen molar-refractivity contribution in [3.8, 4) is 0 Å². The van der Waals surface area contributed by atoms with E-state index in [2.05, 4.69) is 20.3 Å². The van der Waals surface area contributed by atoms with Crippen LogP contribution in [0.5, 0.6) is 0 Å². The Bertz CT molecular complexity index is 484. The van der Waals surface area contributed by atoms with Crippen molar-refractivity contribution in [3.63, 3.8) is 0 Å². The van der Waals surface area contributed by atoms with Crippen LogP contribution >= 0.6 is 0 Å². The first-order valence-electron chi connectivity index (χ1n) is 5.41. The molecule has 15 heavy (non-hydrogen) atoms. The number of H-pyrrole nitrogens is 1. The van der Waals surface area contributed by atoms with Gasteiger partial charge in [-0.15, -0.1) is 0 Å². The number of fused-ring (bicyclic) bond motifs is 1. The largest absolute Gasteiger partial charge is 0.367 e. The summed E-state index contributed by atoms with van der Waals surface area (Å²) in [6.45, 7) is 1.92. The molecule has 0 bridgehead atoms. The molecule has 0 saturated heterocycles. The van der Waals surface area contributed by atoms with Gasteiger partial charge in [0.25, 0.3) is 0 Å². The van der Waals surface area contributed by atoms with Gasteiger partial charge in [0.05, 0.1) is 5.39 Å². The summed E-state index contributed by atoms with van der Waals surface area (Å²) in [5.41, 5.74) is 0.921. The lowest BCUT2D eigenvalue weighted by molar-refractivity contribution is 0.444. The van der Waals surface area contributed by atoms with Crippen LogP contribution in [0.2, 0.25) is 0 Å². The third kappa shape index (κ3) is 1.46. The average molecular weight is 202 g/mol. The van der Waals surface area contributed by atoms with Crippen LogP contribution in [0, 0.1) is 6.92 Å². The minimum absolute atomic E-state index is 0.609. The number of aromatic nitrogens is 3. The zero-order valence-corrected chi connectivity index (χ0v) is 8.75. The molecule has 0 amide bonds. The molecule has 0 radical (unpaired) electrons. The van der Waals surface area contributed by atoms with Gasteiger partial charge >= 0.3 is 0 Å². The Morgan fingerprint density at radius 2 is 2.27 bits per heavy atom. The second-order valence-electron chi connectivity index (χ2n) is 4.13. The van der Waals surface area contributed by atoms with Crippen LogP contribution in [0.15, 0.2) is 12.3 Å². The van der Waals surface area contributed by atoms with Gasteiger partial charge in [0, 0.05) is 12.2 Å². The predicted molar refractivity (Wildman–Crippen MR) is 59.9 cm³/mol. The highest BCUT2D eigenvalue weighted by molar-refractivity contribution is 5.87. The topological polar surface area (TPSA) is 53.6 Å². The van der Waals surface area contributed by atoms with E-state index >= 15 is 0 Å². The monoisotopic (exact) mass is 202 g/mol. The smallest absolute Gasteiger partial charge is 0.143 e. The van der Waals surface area contributed by atoms with Crippen LogP contribution in [0.4, 0.5) is 5.82 Å². The zero-order valence-electron chi connectivity index (χ0n) is 8.75. The summed E-state index contributed by atoms with van der Waals surface area (Å²) in [6, 6.07) is 2.63.